The van der Waals surface area contributed by atoms with Crippen LogP contribution in [0.5, 0.6) is 11.5 Å². The quantitative estimate of drug-likeness (QED) is 0.366. The zero-order chi connectivity index (χ0) is 24.5. The van der Waals surface area contributed by atoms with Gasteiger partial charge in [0.25, 0.3) is 0 Å². The number of amidine groups is 1. The van der Waals surface area contributed by atoms with Crippen LogP contribution >= 0.6 is 11.8 Å². The summed E-state index contributed by atoms with van der Waals surface area (Å²) in [5, 5.41) is 3.28. The molecule has 0 bridgehead atoms. The van der Waals surface area contributed by atoms with Gasteiger partial charge in [0.05, 0.1) is 31.7 Å². The third kappa shape index (κ3) is 4.14. The van der Waals surface area contributed by atoms with Gasteiger partial charge in [0.15, 0.2) is 5.17 Å². The van der Waals surface area contributed by atoms with Crippen molar-refractivity contribution in [3.63, 3.8) is 0 Å². The van der Waals surface area contributed by atoms with Crippen molar-refractivity contribution in [1.29, 1.82) is 0 Å². The summed E-state index contributed by atoms with van der Waals surface area (Å²) in [4.78, 5) is 7.71. The maximum Gasteiger partial charge on any atom is 0.174 e. The number of methoxy groups -OCH3 is 2. The fourth-order valence-electron chi connectivity index (χ4n) is 5.22. The highest BCUT2D eigenvalue weighted by molar-refractivity contribution is 8.16. The number of aliphatic imine (C=N–C) groups is 1. The summed E-state index contributed by atoms with van der Waals surface area (Å²) in [6, 6.07) is 27.5. The lowest BCUT2D eigenvalue weighted by atomic mass is 9.82. The first-order valence-electron chi connectivity index (χ1n) is 12.3. The van der Waals surface area contributed by atoms with Gasteiger partial charge in [0.1, 0.15) is 11.5 Å². The summed E-state index contributed by atoms with van der Waals surface area (Å²) in [7, 11) is 3.41. The van der Waals surface area contributed by atoms with E-state index in [2.05, 4.69) is 83.1 Å². The van der Waals surface area contributed by atoms with E-state index in [0.29, 0.717) is 0 Å². The Hall–Kier alpha value is -3.70. The van der Waals surface area contributed by atoms with Crippen LogP contribution in [0.4, 0.5) is 0 Å². The molecule has 0 saturated carbocycles. The van der Waals surface area contributed by atoms with Crippen LogP contribution in [0.25, 0.3) is 11.8 Å². The normalized spacial score (nSPS) is 20.0. The highest BCUT2D eigenvalue weighted by Crippen LogP contribution is 2.51. The average molecular weight is 493 g/mol. The van der Waals surface area contributed by atoms with Crippen LogP contribution in [0.2, 0.25) is 0 Å². The first-order valence-corrected chi connectivity index (χ1v) is 13.2. The number of fused-ring (bicyclic) bond motifs is 1. The highest BCUT2D eigenvalue weighted by Gasteiger charge is 2.40. The van der Waals surface area contributed by atoms with Gasteiger partial charge < -0.3 is 14.4 Å². The average Bonchev–Trinajstić information content (AvgIpc) is 3.37. The predicted octanol–water partition coefficient (Wildman–Crippen LogP) is 7.68. The fraction of sp³-hybridized carbons (Fsp3) is 0.194. The van der Waals surface area contributed by atoms with Crippen molar-refractivity contribution < 1.29 is 9.47 Å². The van der Waals surface area contributed by atoms with Crippen LogP contribution in [0.1, 0.15) is 42.0 Å². The van der Waals surface area contributed by atoms with Crippen molar-refractivity contribution in [2.75, 3.05) is 14.2 Å². The lowest BCUT2D eigenvalue weighted by Crippen LogP contribution is -2.34. The summed E-state index contributed by atoms with van der Waals surface area (Å²) >= 11 is 1.72. The SMILES string of the molecule is COc1ccc(/C=C2\CCCC3=C2N=C2SC=C(c4ccccc4)N2C3c2ccc(OC)cc2)cc1. The first-order chi connectivity index (χ1) is 17.7. The monoisotopic (exact) mass is 492 g/mol. The molecule has 0 amide bonds. The van der Waals surface area contributed by atoms with Gasteiger partial charge in [-0.2, -0.15) is 0 Å². The number of allylic oxidation sites excluding steroid dienone is 1. The van der Waals surface area contributed by atoms with E-state index in [1.165, 1.54) is 33.5 Å². The van der Waals surface area contributed by atoms with Crippen LogP contribution in [0.15, 0.2) is 106 Å². The van der Waals surface area contributed by atoms with Gasteiger partial charge in [-0.3, -0.25) is 0 Å². The summed E-state index contributed by atoms with van der Waals surface area (Å²) in [5.41, 5.74) is 8.69. The minimum atomic E-state index is 0.0967. The Labute approximate surface area is 216 Å². The van der Waals surface area contributed by atoms with Gasteiger partial charge in [-0.05, 0) is 77.4 Å². The second-order valence-electron chi connectivity index (χ2n) is 9.10. The van der Waals surface area contributed by atoms with E-state index >= 15 is 0 Å². The molecule has 0 spiro atoms. The molecule has 0 N–H and O–H groups in total. The van der Waals surface area contributed by atoms with Crippen molar-refractivity contribution in [2.24, 2.45) is 4.99 Å². The van der Waals surface area contributed by atoms with Crippen LogP contribution in [-0.4, -0.2) is 24.3 Å². The van der Waals surface area contributed by atoms with E-state index in [0.717, 1.165) is 41.6 Å². The molecule has 36 heavy (non-hydrogen) atoms. The third-order valence-electron chi connectivity index (χ3n) is 7.00. The van der Waals surface area contributed by atoms with Crippen LogP contribution in [0, 0.1) is 0 Å². The molecule has 3 aromatic carbocycles. The number of ether oxygens (including phenoxy) is 2. The van der Waals surface area contributed by atoms with Crippen molar-refractivity contribution in [3.8, 4) is 11.5 Å². The van der Waals surface area contributed by atoms with Crippen LogP contribution < -0.4 is 9.47 Å². The number of hydrogen-bond acceptors (Lipinski definition) is 5. The molecule has 2 heterocycles. The maximum absolute atomic E-state index is 5.46. The Morgan fingerprint density at radius 3 is 2.25 bits per heavy atom. The fourth-order valence-corrected chi connectivity index (χ4v) is 6.15. The molecule has 4 nitrogen and oxygen atoms in total. The van der Waals surface area contributed by atoms with Crippen molar-refractivity contribution in [1.82, 2.24) is 4.90 Å². The summed E-state index contributed by atoms with van der Waals surface area (Å²) < 4.78 is 10.8. The van der Waals surface area contributed by atoms with Crippen LogP contribution in [-0.2, 0) is 0 Å². The summed E-state index contributed by atoms with van der Waals surface area (Å²) in [5.74, 6) is 1.74. The van der Waals surface area contributed by atoms with Gasteiger partial charge in [0, 0.05) is 5.41 Å². The maximum atomic E-state index is 5.46. The molecule has 0 fully saturated rings. The number of hydrogen-bond donors (Lipinski definition) is 0. The summed E-state index contributed by atoms with van der Waals surface area (Å²) in [6.07, 6.45) is 5.47. The number of benzene rings is 3. The molecule has 1 unspecified atom stereocenters. The molecule has 5 heteroatoms. The molecule has 180 valence electrons. The lowest BCUT2D eigenvalue weighted by molar-refractivity contribution is 0.413. The van der Waals surface area contributed by atoms with Gasteiger partial charge in [-0.15, -0.1) is 0 Å². The van der Waals surface area contributed by atoms with E-state index in [4.69, 9.17) is 14.5 Å². The third-order valence-corrected chi connectivity index (χ3v) is 7.84. The molecule has 0 radical (unpaired) electrons. The van der Waals surface area contributed by atoms with E-state index in [1.54, 1.807) is 26.0 Å². The number of nitrogens with zero attached hydrogens (tertiary/aromatic N) is 2. The highest BCUT2D eigenvalue weighted by atomic mass is 32.2. The molecule has 6 rings (SSSR count). The smallest absolute Gasteiger partial charge is 0.174 e. The van der Waals surface area contributed by atoms with Crippen molar-refractivity contribution in [3.05, 3.63) is 118 Å². The Morgan fingerprint density at radius 2 is 1.56 bits per heavy atom. The topological polar surface area (TPSA) is 34.1 Å². The Balaban J connectivity index is 1.46. The van der Waals surface area contributed by atoms with Crippen molar-refractivity contribution in [2.45, 2.75) is 25.3 Å². The van der Waals surface area contributed by atoms with E-state index in [9.17, 15) is 0 Å². The predicted molar refractivity (Wildman–Crippen MR) is 149 cm³/mol. The van der Waals surface area contributed by atoms with Crippen LogP contribution in [0.3, 0.4) is 0 Å². The first kappa shape index (κ1) is 22.7. The zero-order valence-electron chi connectivity index (χ0n) is 20.5. The van der Waals surface area contributed by atoms with Gasteiger partial charge in [-0.25, -0.2) is 4.99 Å². The van der Waals surface area contributed by atoms with Gasteiger partial charge in [-0.1, -0.05) is 66.4 Å². The molecule has 0 aromatic heterocycles. The molecule has 0 saturated heterocycles. The number of rotatable bonds is 5. The molecular weight excluding hydrogens is 464 g/mol. The van der Waals surface area contributed by atoms with Gasteiger partial charge >= 0.3 is 0 Å². The zero-order valence-corrected chi connectivity index (χ0v) is 21.3. The van der Waals surface area contributed by atoms with E-state index in [-0.39, 0.29) is 6.04 Å². The summed E-state index contributed by atoms with van der Waals surface area (Å²) in [6.45, 7) is 0. The minimum Gasteiger partial charge on any atom is -0.497 e. The molecule has 2 aliphatic heterocycles. The molecular formula is C31H28N2O2S. The second kappa shape index (κ2) is 9.75. The second-order valence-corrected chi connectivity index (χ2v) is 9.93. The number of thioether (sulfide) groups is 1. The van der Waals surface area contributed by atoms with E-state index < -0.39 is 0 Å². The largest absolute Gasteiger partial charge is 0.497 e. The van der Waals surface area contributed by atoms with Crippen molar-refractivity contribution >= 4 is 28.7 Å². The standard InChI is InChI=1S/C31H28N2O2S/c1-34-25-15-11-21(12-16-25)19-24-9-6-10-27-29(24)32-31-33(28(20-36-31)22-7-4-3-5-8-22)30(27)23-13-17-26(35-2)18-14-23/h3-5,7-8,11-20,30H,6,9-10H2,1-2H3/b24-19+. The molecule has 1 aliphatic carbocycles. The Morgan fingerprint density at radius 1 is 0.861 bits per heavy atom. The van der Waals surface area contributed by atoms with Gasteiger partial charge in [0.2, 0.25) is 0 Å². The van der Waals surface area contributed by atoms with E-state index in [1.807, 2.05) is 12.1 Å². The molecule has 3 aliphatic rings. The molecule has 1 atom stereocenters. The minimum absolute atomic E-state index is 0.0967. The Kier molecular flexibility index (Phi) is 6.16. The lowest BCUT2D eigenvalue weighted by Gasteiger charge is -2.40. The Bertz CT molecular complexity index is 1390. The molecule has 3 aromatic rings.